The molecule has 0 spiro atoms. The summed E-state index contributed by atoms with van der Waals surface area (Å²) in [5, 5.41) is 9.50. The SMILES string of the molecule is COc1c(Cl)cc2c(c1C1(CC(=O)O)CC1)OCO2. The molecule has 102 valence electrons. The quantitative estimate of drug-likeness (QED) is 0.920. The third-order valence-electron chi connectivity index (χ3n) is 3.65. The van der Waals surface area contributed by atoms with Crippen molar-refractivity contribution in [1.29, 1.82) is 0 Å². The van der Waals surface area contributed by atoms with E-state index in [1.165, 1.54) is 7.11 Å². The van der Waals surface area contributed by atoms with E-state index < -0.39 is 11.4 Å². The van der Waals surface area contributed by atoms with Crippen molar-refractivity contribution in [1.82, 2.24) is 0 Å². The van der Waals surface area contributed by atoms with Crippen LogP contribution < -0.4 is 14.2 Å². The van der Waals surface area contributed by atoms with E-state index in [9.17, 15) is 4.79 Å². The van der Waals surface area contributed by atoms with Gasteiger partial charge in [0.2, 0.25) is 6.79 Å². The van der Waals surface area contributed by atoms with Crippen LogP contribution in [-0.2, 0) is 10.2 Å². The number of ether oxygens (including phenoxy) is 3. The van der Waals surface area contributed by atoms with Crippen molar-refractivity contribution in [3.05, 3.63) is 16.7 Å². The molecule has 1 aliphatic heterocycles. The number of methoxy groups -OCH3 is 1. The van der Waals surface area contributed by atoms with Crippen LogP contribution in [0.25, 0.3) is 0 Å². The minimum absolute atomic E-state index is 0.0412. The van der Waals surface area contributed by atoms with Crippen molar-refractivity contribution >= 4 is 17.6 Å². The summed E-state index contributed by atoms with van der Waals surface area (Å²) in [5.74, 6) is 0.773. The molecule has 5 nitrogen and oxygen atoms in total. The maximum Gasteiger partial charge on any atom is 0.304 e. The van der Waals surface area contributed by atoms with Crippen molar-refractivity contribution in [2.75, 3.05) is 13.9 Å². The highest BCUT2D eigenvalue weighted by Gasteiger charge is 2.51. The molecule has 2 aliphatic rings. The molecule has 0 amide bonds. The lowest BCUT2D eigenvalue weighted by molar-refractivity contribution is -0.137. The second kappa shape index (κ2) is 4.20. The fraction of sp³-hybridized carbons (Fsp3) is 0.462. The molecule has 3 rings (SSSR count). The van der Waals surface area contributed by atoms with Crippen LogP contribution in [0.5, 0.6) is 17.2 Å². The van der Waals surface area contributed by atoms with Crippen molar-refractivity contribution in [3.8, 4) is 17.2 Å². The number of halogens is 1. The number of carboxylic acid groups (broad SMARTS) is 1. The zero-order valence-electron chi connectivity index (χ0n) is 10.4. The normalized spacial score (nSPS) is 18.2. The van der Waals surface area contributed by atoms with Gasteiger partial charge in [0, 0.05) is 17.0 Å². The van der Waals surface area contributed by atoms with E-state index in [0.29, 0.717) is 22.3 Å². The first-order valence-electron chi connectivity index (χ1n) is 5.96. The van der Waals surface area contributed by atoms with Crippen LogP contribution in [-0.4, -0.2) is 25.0 Å². The maximum absolute atomic E-state index is 11.1. The van der Waals surface area contributed by atoms with E-state index in [1.807, 2.05) is 0 Å². The number of hydrogen-bond donors (Lipinski definition) is 1. The summed E-state index contributed by atoms with van der Waals surface area (Å²) in [7, 11) is 1.52. The van der Waals surface area contributed by atoms with Crippen molar-refractivity contribution in [2.24, 2.45) is 0 Å². The fourth-order valence-corrected chi connectivity index (χ4v) is 2.90. The Morgan fingerprint density at radius 1 is 1.53 bits per heavy atom. The Morgan fingerprint density at radius 3 is 2.84 bits per heavy atom. The number of rotatable bonds is 4. The van der Waals surface area contributed by atoms with Crippen LogP contribution in [0.2, 0.25) is 5.02 Å². The molecule has 19 heavy (non-hydrogen) atoms. The Balaban J connectivity index is 2.16. The highest BCUT2D eigenvalue weighted by molar-refractivity contribution is 6.32. The molecular formula is C13H13ClO5. The van der Waals surface area contributed by atoms with Gasteiger partial charge in [-0.25, -0.2) is 0 Å². The predicted octanol–water partition coefficient (Wildman–Crippen LogP) is 2.58. The molecule has 1 heterocycles. The average Bonchev–Trinajstić information content (AvgIpc) is 2.96. The van der Waals surface area contributed by atoms with Gasteiger partial charge in [-0.2, -0.15) is 0 Å². The predicted molar refractivity (Wildman–Crippen MR) is 67.3 cm³/mol. The van der Waals surface area contributed by atoms with Crippen LogP contribution >= 0.6 is 11.6 Å². The van der Waals surface area contributed by atoms with E-state index in [-0.39, 0.29) is 13.2 Å². The van der Waals surface area contributed by atoms with Gasteiger partial charge >= 0.3 is 5.97 Å². The Hall–Kier alpha value is -1.62. The Kier molecular flexibility index (Phi) is 2.74. The molecule has 0 saturated heterocycles. The summed E-state index contributed by atoms with van der Waals surface area (Å²) >= 11 is 6.18. The molecule has 0 atom stereocenters. The maximum atomic E-state index is 11.1. The first-order valence-corrected chi connectivity index (χ1v) is 6.33. The molecule has 0 aromatic heterocycles. The fourth-order valence-electron chi connectivity index (χ4n) is 2.63. The average molecular weight is 285 g/mol. The summed E-state index contributed by atoms with van der Waals surface area (Å²) in [5.41, 5.74) is 0.289. The van der Waals surface area contributed by atoms with E-state index in [4.69, 9.17) is 30.9 Å². The van der Waals surface area contributed by atoms with Gasteiger partial charge in [0.15, 0.2) is 11.5 Å². The molecule has 1 aliphatic carbocycles. The molecule has 1 aromatic carbocycles. The number of hydrogen-bond acceptors (Lipinski definition) is 4. The first kappa shape index (κ1) is 12.4. The van der Waals surface area contributed by atoms with Crippen molar-refractivity contribution in [3.63, 3.8) is 0 Å². The van der Waals surface area contributed by atoms with Crippen LogP contribution in [0.1, 0.15) is 24.8 Å². The molecule has 1 fully saturated rings. The summed E-state index contributed by atoms with van der Waals surface area (Å²) in [6, 6.07) is 1.64. The first-order chi connectivity index (χ1) is 9.07. The number of fused-ring (bicyclic) bond motifs is 1. The largest absolute Gasteiger partial charge is 0.495 e. The molecule has 1 N–H and O–H groups in total. The molecular weight excluding hydrogens is 272 g/mol. The number of benzene rings is 1. The van der Waals surface area contributed by atoms with Gasteiger partial charge in [0.25, 0.3) is 0 Å². The smallest absolute Gasteiger partial charge is 0.304 e. The van der Waals surface area contributed by atoms with Crippen LogP contribution in [0.3, 0.4) is 0 Å². The van der Waals surface area contributed by atoms with E-state index >= 15 is 0 Å². The summed E-state index contributed by atoms with van der Waals surface area (Å²) in [4.78, 5) is 11.1. The molecule has 1 aromatic rings. The standard InChI is InChI=1S/C13H13ClO5/c1-17-11-7(14)4-8-12(19-6-18-8)10(11)13(2-3-13)5-9(15)16/h4H,2-3,5-6H2,1H3,(H,15,16). The van der Waals surface area contributed by atoms with E-state index in [2.05, 4.69) is 0 Å². The van der Waals surface area contributed by atoms with E-state index in [1.54, 1.807) is 6.07 Å². The lowest BCUT2D eigenvalue weighted by atomic mass is 9.90. The monoisotopic (exact) mass is 284 g/mol. The molecule has 0 bridgehead atoms. The topological polar surface area (TPSA) is 65.0 Å². The van der Waals surface area contributed by atoms with Crippen LogP contribution in [0, 0.1) is 0 Å². The van der Waals surface area contributed by atoms with Gasteiger partial charge in [-0.05, 0) is 12.8 Å². The third-order valence-corrected chi connectivity index (χ3v) is 3.93. The van der Waals surface area contributed by atoms with Gasteiger partial charge in [0.1, 0.15) is 5.75 Å². The van der Waals surface area contributed by atoms with E-state index in [0.717, 1.165) is 18.4 Å². The second-order valence-corrected chi connectivity index (χ2v) is 5.26. The lowest BCUT2D eigenvalue weighted by Crippen LogP contribution is -2.15. The summed E-state index contributed by atoms with van der Waals surface area (Å²) < 4.78 is 16.2. The summed E-state index contributed by atoms with van der Waals surface area (Å²) in [6.45, 7) is 0.120. The van der Waals surface area contributed by atoms with Gasteiger partial charge in [-0.15, -0.1) is 0 Å². The Bertz CT molecular complexity index is 547. The number of carboxylic acids is 1. The highest BCUT2D eigenvalue weighted by atomic mass is 35.5. The van der Waals surface area contributed by atoms with Crippen LogP contribution in [0.4, 0.5) is 0 Å². The lowest BCUT2D eigenvalue weighted by Gasteiger charge is -2.20. The van der Waals surface area contributed by atoms with Crippen molar-refractivity contribution in [2.45, 2.75) is 24.7 Å². The Morgan fingerprint density at radius 2 is 2.26 bits per heavy atom. The number of aliphatic carboxylic acids is 1. The Labute approximate surface area is 115 Å². The minimum Gasteiger partial charge on any atom is -0.495 e. The second-order valence-electron chi connectivity index (χ2n) is 4.85. The zero-order chi connectivity index (χ0) is 13.6. The molecule has 0 radical (unpaired) electrons. The minimum atomic E-state index is -0.841. The molecule has 1 saturated carbocycles. The summed E-state index contributed by atoms with van der Waals surface area (Å²) in [6.07, 6.45) is 1.61. The van der Waals surface area contributed by atoms with Crippen LogP contribution in [0.15, 0.2) is 6.07 Å². The number of carbonyl (C=O) groups is 1. The highest BCUT2D eigenvalue weighted by Crippen LogP contribution is 2.61. The van der Waals surface area contributed by atoms with Gasteiger partial charge in [-0.1, -0.05) is 11.6 Å². The molecule has 0 unspecified atom stereocenters. The third kappa shape index (κ3) is 1.89. The van der Waals surface area contributed by atoms with Gasteiger partial charge in [0.05, 0.1) is 18.6 Å². The van der Waals surface area contributed by atoms with Crippen molar-refractivity contribution < 1.29 is 24.1 Å². The molecule has 6 heteroatoms. The van der Waals surface area contributed by atoms with Gasteiger partial charge < -0.3 is 19.3 Å². The van der Waals surface area contributed by atoms with Gasteiger partial charge in [-0.3, -0.25) is 4.79 Å². The zero-order valence-corrected chi connectivity index (χ0v) is 11.1.